The minimum absolute atomic E-state index is 0.0676. The van der Waals surface area contributed by atoms with E-state index in [-0.39, 0.29) is 23.7 Å². The lowest BCUT2D eigenvalue weighted by molar-refractivity contribution is -0.107. The van der Waals surface area contributed by atoms with Crippen LogP contribution < -0.4 is 18.9 Å². The Kier molecular flexibility index (Phi) is 8.16. The van der Waals surface area contributed by atoms with Gasteiger partial charge in [-0.3, -0.25) is 9.59 Å². The van der Waals surface area contributed by atoms with E-state index >= 15 is 0 Å². The van der Waals surface area contributed by atoms with Crippen molar-refractivity contribution in [2.75, 3.05) is 34.6 Å². The Labute approximate surface area is 170 Å². The van der Waals surface area contributed by atoms with Crippen LogP contribution in [0.1, 0.15) is 27.1 Å². The van der Waals surface area contributed by atoms with Crippen LogP contribution in [0.2, 0.25) is 0 Å². The lowest BCUT2D eigenvalue weighted by atomic mass is 10.2. The summed E-state index contributed by atoms with van der Waals surface area (Å²) in [4.78, 5) is 38.0. The Morgan fingerprint density at radius 2 is 1.10 bits per heavy atom. The van der Waals surface area contributed by atoms with Crippen LogP contribution in [-0.2, 0) is 4.79 Å². The Morgan fingerprint density at radius 3 is 1.38 bits per heavy atom. The third-order valence-corrected chi connectivity index (χ3v) is 6.38. The summed E-state index contributed by atoms with van der Waals surface area (Å²) in [5.74, 6) is 1.20. The van der Waals surface area contributed by atoms with Gasteiger partial charge in [-0.1, -0.05) is 12.1 Å². The van der Waals surface area contributed by atoms with Gasteiger partial charge in [-0.15, -0.1) is 0 Å². The zero-order valence-electron chi connectivity index (χ0n) is 16.8. The fraction of sp³-hybridized carbons (Fsp3) is 0.286. The van der Waals surface area contributed by atoms with Crippen LogP contribution in [0.5, 0.6) is 23.0 Å². The highest BCUT2D eigenvalue weighted by atomic mass is 31.1. The molecule has 0 saturated heterocycles. The topological polar surface area (TPSA) is 88.1 Å². The van der Waals surface area contributed by atoms with E-state index < -0.39 is 19.0 Å². The molecule has 2 aromatic rings. The summed E-state index contributed by atoms with van der Waals surface area (Å²) in [7, 11) is 3.78. The van der Waals surface area contributed by atoms with Gasteiger partial charge in [-0.2, -0.15) is 0 Å². The van der Waals surface area contributed by atoms with Gasteiger partial charge < -0.3 is 23.7 Å². The minimum atomic E-state index is -1.96. The van der Waals surface area contributed by atoms with Gasteiger partial charge in [0.25, 0.3) is 0 Å². The van der Waals surface area contributed by atoms with E-state index in [9.17, 15) is 14.4 Å². The Bertz CT molecular complexity index is 783. The third kappa shape index (κ3) is 4.74. The highest BCUT2D eigenvalue weighted by molar-refractivity contribution is 7.90. The Morgan fingerprint density at radius 1 is 0.759 bits per heavy atom. The molecule has 0 aromatic heterocycles. The number of methoxy groups -OCH3 is 4. The smallest absolute Gasteiger partial charge is 0.199 e. The second kappa shape index (κ2) is 10.6. The molecule has 2 aromatic carbocycles. The molecule has 0 N–H and O–H groups in total. The number of ether oxygens (including phenoxy) is 4. The monoisotopic (exact) mass is 418 g/mol. The fourth-order valence-corrected chi connectivity index (χ4v) is 4.81. The van der Waals surface area contributed by atoms with E-state index in [4.69, 9.17) is 18.9 Å². The molecule has 0 amide bonds. The fourth-order valence-electron chi connectivity index (χ4n) is 2.87. The summed E-state index contributed by atoms with van der Waals surface area (Å²) in [6.45, 7) is 0. The van der Waals surface area contributed by atoms with Gasteiger partial charge >= 0.3 is 0 Å². The Balaban J connectivity index is 2.61. The average molecular weight is 418 g/mol. The molecule has 0 heterocycles. The van der Waals surface area contributed by atoms with Crippen molar-refractivity contribution in [1.29, 1.82) is 0 Å². The van der Waals surface area contributed by atoms with Gasteiger partial charge in [-0.05, 0) is 30.4 Å². The van der Waals surface area contributed by atoms with E-state index in [1.165, 1.54) is 28.4 Å². The molecule has 0 bridgehead atoms. The molecular formula is C21H23O7P. The number of hydrogen-bond acceptors (Lipinski definition) is 7. The van der Waals surface area contributed by atoms with Crippen molar-refractivity contribution in [2.45, 2.75) is 6.42 Å². The second-order valence-corrected chi connectivity index (χ2v) is 7.91. The number of hydrogen-bond donors (Lipinski definition) is 0. The first kappa shape index (κ1) is 22.4. The molecule has 0 atom stereocenters. The van der Waals surface area contributed by atoms with Crippen LogP contribution in [0.3, 0.4) is 0 Å². The number of benzene rings is 2. The predicted octanol–water partition coefficient (Wildman–Crippen LogP) is 3.77. The zero-order valence-corrected chi connectivity index (χ0v) is 17.7. The summed E-state index contributed by atoms with van der Waals surface area (Å²) >= 11 is 0. The molecule has 0 saturated carbocycles. The van der Waals surface area contributed by atoms with Crippen molar-refractivity contribution < 1.29 is 33.3 Å². The van der Waals surface area contributed by atoms with Crippen LogP contribution in [-0.4, -0.2) is 51.9 Å². The van der Waals surface area contributed by atoms with Crippen LogP contribution in [0, 0.1) is 0 Å². The second-order valence-electron chi connectivity index (χ2n) is 5.79. The van der Waals surface area contributed by atoms with Crippen LogP contribution in [0.4, 0.5) is 0 Å². The number of aldehydes is 1. The first-order valence-corrected chi connectivity index (χ1v) is 10.3. The standard InChI is InChI=1S/C21H23O7P/c1-25-14-8-5-9-15(26-2)18(14)20(23)29(13-7-12-22)21(24)19-16(27-3)10-6-11-17(19)28-4/h5-6,8-12H,7,13H2,1-4H3. The summed E-state index contributed by atoms with van der Waals surface area (Å²) in [5, 5.41) is 0. The molecule has 0 aliphatic carbocycles. The van der Waals surface area contributed by atoms with Crippen molar-refractivity contribution in [2.24, 2.45) is 0 Å². The molecular weight excluding hydrogens is 395 g/mol. The van der Waals surface area contributed by atoms with E-state index in [1.54, 1.807) is 36.4 Å². The average Bonchev–Trinajstić information content (AvgIpc) is 2.77. The summed E-state index contributed by atoms with van der Waals surface area (Å²) < 4.78 is 21.3. The largest absolute Gasteiger partial charge is 0.496 e. The third-order valence-electron chi connectivity index (χ3n) is 4.24. The molecule has 0 aliphatic heterocycles. The summed E-state index contributed by atoms with van der Waals surface area (Å²) in [6, 6.07) is 9.86. The van der Waals surface area contributed by atoms with Crippen molar-refractivity contribution in [3.8, 4) is 23.0 Å². The maximum Gasteiger partial charge on any atom is 0.199 e. The van der Waals surface area contributed by atoms with Crippen molar-refractivity contribution in [3.63, 3.8) is 0 Å². The van der Waals surface area contributed by atoms with Gasteiger partial charge in [0.05, 0.1) is 28.4 Å². The lowest BCUT2D eigenvalue weighted by Gasteiger charge is -2.20. The SMILES string of the molecule is COc1cccc(OC)c1C(=O)P(CCC=O)C(=O)c1c(OC)cccc1OC. The lowest BCUT2D eigenvalue weighted by Crippen LogP contribution is -2.13. The maximum absolute atomic E-state index is 13.5. The first-order valence-electron chi connectivity index (χ1n) is 8.75. The van der Waals surface area contributed by atoms with E-state index in [2.05, 4.69) is 0 Å². The minimum Gasteiger partial charge on any atom is -0.496 e. The number of rotatable bonds is 11. The van der Waals surface area contributed by atoms with Gasteiger partial charge in [0, 0.05) is 14.3 Å². The van der Waals surface area contributed by atoms with Crippen LogP contribution in [0.15, 0.2) is 36.4 Å². The molecule has 0 unspecified atom stereocenters. The predicted molar refractivity (Wildman–Crippen MR) is 110 cm³/mol. The van der Waals surface area contributed by atoms with E-state index in [1.807, 2.05) is 0 Å². The van der Waals surface area contributed by atoms with Gasteiger partial charge in [-0.25, -0.2) is 0 Å². The number of carbonyl (C=O) groups excluding carboxylic acids is 3. The highest BCUT2D eigenvalue weighted by Gasteiger charge is 2.34. The summed E-state index contributed by atoms with van der Waals surface area (Å²) in [5.41, 5.74) is -0.517. The molecule has 0 spiro atoms. The Hall–Kier alpha value is -2.92. The molecule has 29 heavy (non-hydrogen) atoms. The van der Waals surface area contributed by atoms with Crippen LogP contribution >= 0.6 is 7.92 Å². The van der Waals surface area contributed by atoms with E-state index in [0.29, 0.717) is 29.3 Å². The summed E-state index contributed by atoms with van der Waals surface area (Å²) in [6.07, 6.45) is 0.853. The molecule has 7 nitrogen and oxygen atoms in total. The van der Waals surface area contributed by atoms with E-state index in [0.717, 1.165) is 0 Å². The quantitative estimate of drug-likeness (QED) is 0.405. The van der Waals surface area contributed by atoms with Gasteiger partial charge in [0.2, 0.25) is 0 Å². The molecule has 0 aliphatic rings. The molecule has 0 radical (unpaired) electrons. The molecule has 8 heteroatoms. The van der Waals surface area contributed by atoms with Crippen LogP contribution in [0.25, 0.3) is 0 Å². The highest BCUT2D eigenvalue weighted by Crippen LogP contribution is 2.50. The molecule has 154 valence electrons. The normalized spacial score (nSPS) is 10.4. The number of carbonyl (C=O) groups is 3. The van der Waals surface area contributed by atoms with Crippen molar-refractivity contribution >= 4 is 25.3 Å². The van der Waals surface area contributed by atoms with Crippen molar-refractivity contribution in [1.82, 2.24) is 0 Å². The maximum atomic E-state index is 13.5. The molecule has 0 fully saturated rings. The first-order chi connectivity index (χ1) is 14.0. The zero-order chi connectivity index (χ0) is 21.4. The molecule has 2 rings (SSSR count). The van der Waals surface area contributed by atoms with Gasteiger partial charge in [0.15, 0.2) is 11.0 Å². The van der Waals surface area contributed by atoms with Crippen molar-refractivity contribution in [3.05, 3.63) is 47.5 Å². The van der Waals surface area contributed by atoms with Gasteiger partial charge in [0.1, 0.15) is 40.4 Å².